The molecule has 26 heavy (non-hydrogen) atoms. The Morgan fingerprint density at radius 2 is 2.12 bits per heavy atom. The predicted octanol–water partition coefficient (Wildman–Crippen LogP) is 1.95. The van der Waals surface area contributed by atoms with Gasteiger partial charge in [0, 0.05) is 12.1 Å². The second-order valence-electron chi connectivity index (χ2n) is 5.88. The van der Waals surface area contributed by atoms with Crippen LogP contribution in [0.25, 0.3) is 11.4 Å². The van der Waals surface area contributed by atoms with Crippen molar-refractivity contribution in [1.29, 1.82) is 0 Å². The predicted molar refractivity (Wildman–Crippen MR) is 99.5 cm³/mol. The van der Waals surface area contributed by atoms with Crippen LogP contribution in [0.3, 0.4) is 0 Å². The van der Waals surface area contributed by atoms with Crippen molar-refractivity contribution in [2.45, 2.75) is 24.2 Å². The molecule has 1 aliphatic heterocycles. The van der Waals surface area contributed by atoms with Crippen LogP contribution in [0.1, 0.15) is 6.42 Å². The van der Waals surface area contributed by atoms with Gasteiger partial charge in [0.05, 0.1) is 17.3 Å². The Labute approximate surface area is 156 Å². The number of esters is 1. The number of hydrogen-bond acceptors (Lipinski definition) is 7. The Balaban J connectivity index is 1.65. The van der Waals surface area contributed by atoms with E-state index in [0.29, 0.717) is 23.9 Å². The average Bonchev–Trinajstić information content (AvgIpc) is 3.17. The molecule has 0 aliphatic carbocycles. The van der Waals surface area contributed by atoms with Gasteiger partial charge in [0.15, 0.2) is 20.8 Å². The summed E-state index contributed by atoms with van der Waals surface area (Å²) in [5, 5.41) is 8.96. The molecule has 0 radical (unpaired) electrons. The number of benzene rings is 1. The Morgan fingerprint density at radius 1 is 1.35 bits per heavy atom. The molecule has 1 aliphatic rings. The first-order chi connectivity index (χ1) is 12.5. The lowest BCUT2D eigenvalue weighted by atomic mass is 10.2. The Hall–Kier alpha value is -2.13. The Morgan fingerprint density at radius 3 is 2.77 bits per heavy atom. The average molecular weight is 393 g/mol. The van der Waals surface area contributed by atoms with Crippen LogP contribution in [-0.4, -0.2) is 52.5 Å². The number of allylic oxidation sites excluding steroid dienone is 1. The minimum atomic E-state index is -3.07. The van der Waals surface area contributed by atoms with Gasteiger partial charge in [-0.2, -0.15) is 0 Å². The number of rotatable bonds is 7. The van der Waals surface area contributed by atoms with E-state index in [1.165, 1.54) is 11.8 Å². The lowest BCUT2D eigenvalue weighted by molar-refractivity contribution is -0.144. The van der Waals surface area contributed by atoms with E-state index in [1.807, 2.05) is 34.9 Å². The van der Waals surface area contributed by atoms with Crippen molar-refractivity contribution in [2.24, 2.45) is 0 Å². The molecular formula is C17H19N3O4S2. The molecular weight excluding hydrogens is 374 g/mol. The Bertz CT molecular complexity index is 894. The van der Waals surface area contributed by atoms with E-state index in [9.17, 15) is 13.2 Å². The van der Waals surface area contributed by atoms with Gasteiger partial charge in [0.25, 0.3) is 0 Å². The summed E-state index contributed by atoms with van der Waals surface area (Å²) >= 11 is 1.21. The molecule has 1 atom stereocenters. The lowest BCUT2D eigenvalue weighted by Crippen LogP contribution is -2.20. The highest BCUT2D eigenvalue weighted by Crippen LogP contribution is 2.24. The maximum absolute atomic E-state index is 12.0. The summed E-state index contributed by atoms with van der Waals surface area (Å²) in [6.07, 6.45) is 1.56. The summed E-state index contributed by atoms with van der Waals surface area (Å²) < 4.78 is 30.0. The van der Waals surface area contributed by atoms with Crippen LogP contribution in [0.15, 0.2) is 48.1 Å². The van der Waals surface area contributed by atoms with Crippen LogP contribution < -0.4 is 0 Å². The molecule has 0 saturated carbocycles. The molecule has 1 aromatic heterocycles. The molecule has 1 saturated heterocycles. The molecule has 2 heterocycles. The highest BCUT2D eigenvalue weighted by Gasteiger charge is 2.30. The van der Waals surface area contributed by atoms with Crippen molar-refractivity contribution in [3.63, 3.8) is 0 Å². The van der Waals surface area contributed by atoms with Crippen molar-refractivity contribution < 1.29 is 17.9 Å². The van der Waals surface area contributed by atoms with Gasteiger partial charge < -0.3 is 4.74 Å². The quantitative estimate of drug-likeness (QED) is 0.403. The van der Waals surface area contributed by atoms with E-state index in [0.717, 1.165) is 5.56 Å². The smallest absolute Gasteiger partial charge is 0.316 e. The van der Waals surface area contributed by atoms with E-state index < -0.39 is 21.9 Å². The zero-order valence-corrected chi connectivity index (χ0v) is 15.7. The number of aromatic nitrogens is 3. The minimum absolute atomic E-state index is 0.0423. The van der Waals surface area contributed by atoms with Crippen LogP contribution in [0.4, 0.5) is 0 Å². The van der Waals surface area contributed by atoms with Crippen LogP contribution in [0.2, 0.25) is 0 Å². The summed E-state index contributed by atoms with van der Waals surface area (Å²) in [5.41, 5.74) is 0.924. The maximum Gasteiger partial charge on any atom is 0.316 e. The second-order valence-corrected chi connectivity index (χ2v) is 9.05. The molecule has 9 heteroatoms. The maximum atomic E-state index is 12.0. The van der Waals surface area contributed by atoms with Crippen molar-refractivity contribution >= 4 is 27.6 Å². The number of carbonyl (C=O) groups excluding carboxylic acids is 1. The molecule has 0 N–H and O–H groups in total. The highest BCUT2D eigenvalue weighted by atomic mass is 32.2. The fourth-order valence-electron chi connectivity index (χ4n) is 2.69. The molecule has 1 fully saturated rings. The van der Waals surface area contributed by atoms with E-state index >= 15 is 0 Å². The van der Waals surface area contributed by atoms with Crippen molar-refractivity contribution in [1.82, 2.24) is 14.8 Å². The third-order valence-corrected chi connectivity index (χ3v) is 6.55. The van der Waals surface area contributed by atoms with Crippen LogP contribution in [-0.2, 0) is 25.9 Å². The first kappa shape index (κ1) is 18.7. The number of ether oxygens (including phenoxy) is 1. The fourth-order valence-corrected chi connectivity index (χ4v) is 5.01. The van der Waals surface area contributed by atoms with Crippen molar-refractivity contribution in [2.75, 3.05) is 17.3 Å². The van der Waals surface area contributed by atoms with Crippen molar-refractivity contribution in [3.8, 4) is 11.4 Å². The van der Waals surface area contributed by atoms with Gasteiger partial charge in [-0.05, 0) is 6.42 Å². The molecule has 1 aromatic carbocycles. The van der Waals surface area contributed by atoms with E-state index in [4.69, 9.17) is 4.74 Å². The zero-order chi connectivity index (χ0) is 18.6. The SMILES string of the molecule is C=CCn1c(SCC(=O)O[C@@H]2CCS(=O)(=O)C2)nnc1-c1ccccc1. The molecule has 0 unspecified atom stereocenters. The second kappa shape index (κ2) is 8.05. The third kappa shape index (κ3) is 4.53. The van der Waals surface area contributed by atoms with Crippen LogP contribution in [0, 0.1) is 0 Å². The zero-order valence-electron chi connectivity index (χ0n) is 14.1. The van der Waals surface area contributed by atoms with Gasteiger partial charge in [-0.1, -0.05) is 48.2 Å². The summed E-state index contributed by atoms with van der Waals surface area (Å²) in [6, 6.07) is 9.64. The topological polar surface area (TPSA) is 91.2 Å². The largest absolute Gasteiger partial charge is 0.461 e. The van der Waals surface area contributed by atoms with Gasteiger partial charge in [-0.3, -0.25) is 9.36 Å². The lowest BCUT2D eigenvalue weighted by Gasteiger charge is -2.10. The Kier molecular flexibility index (Phi) is 5.77. The summed E-state index contributed by atoms with van der Waals surface area (Å²) in [7, 11) is -3.07. The van der Waals surface area contributed by atoms with Gasteiger partial charge in [-0.25, -0.2) is 8.42 Å². The normalized spacial score (nSPS) is 18.5. The van der Waals surface area contributed by atoms with E-state index in [-0.39, 0.29) is 17.3 Å². The van der Waals surface area contributed by atoms with Crippen LogP contribution >= 0.6 is 11.8 Å². The fraction of sp³-hybridized carbons (Fsp3) is 0.353. The van der Waals surface area contributed by atoms with Gasteiger partial charge in [-0.15, -0.1) is 16.8 Å². The van der Waals surface area contributed by atoms with Crippen LogP contribution in [0.5, 0.6) is 0 Å². The third-order valence-electron chi connectivity index (χ3n) is 3.87. The first-order valence-electron chi connectivity index (χ1n) is 8.11. The summed E-state index contributed by atoms with van der Waals surface area (Å²) in [4.78, 5) is 12.0. The monoisotopic (exact) mass is 393 g/mol. The number of carbonyl (C=O) groups is 1. The molecule has 3 rings (SSSR count). The minimum Gasteiger partial charge on any atom is -0.461 e. The molecule has 2 aromatic rings. The summed E-state index contributed by atoms with van der Waals surface area (Å²) in [6.45, 7) is 4.26. The van der Waals surface area contributed by atoms with Crippen molar-refractivity contribution in [3.05, 3.63) is 43.0 Å². The van der Waals surface area contributed by atoms with E-state index in [1.54, 1.807) is 6.08 Å². The van der Waals surface area contributed by atoms with Gasteiger partial charge >= 0.3 is 5.97 Å². The molecule has 0 amide bonds. The molecule has 0 spiro atoms. The number of hydrogen-bond donors (Lipinski definition) is 0. The first-order valence-corrected chi connectivity index (χ1v) is 10.9. The number of sulfone groups is 1. The molecule has 0 bridgehead atoms. The van der Waals surface area contributed by atoms with E-state index in [2.05, 4.69) is 16.8 Å². The van der Waals surface area contributed by atoms with Gasteiger partial charge in [0.1, 0.15) is 6.10 Å². The highest BCUT2D eigenvalue weighted by molar-refractivity contribution is 7.99. The molecule has 138 valence electrons. The standard InChI is InChI=1S/C17H19N3O4S2/c1-2-9-20-16(13-6-4-3-5-7-13)18-19-17(20)25-11-15(21)24-14-8-10-26(22,23)12-14/h2-7,14H,1,8-12H2/t14-/m1/s1. The van der Waals surface area contributed by atoms with Gasteiger partial charge in [0.2, 0.25) is 0 Å². The number of nitrogens with zero attached hydrogens (tertiary/aromatic N) is 3. The number of thioether (sulfide) groups is 1. The summed E-state index contributed by atoms with van der Waals surface area (Å²) in [5.74, 6) is 0.274. The molecule has 7 nitrogen and oxygen atoms in total.